The molecule has 206 valence electrons. The monoisotopic (exact) mass is 519 g/mol. The zero-order chi connectivity index (χ0) is 27.0. The minimum absolute atomic E-state index is 0.0876. The molecule has 2 amide bonds. The van der Waals surface area contributed by atoms with E-state index < -0.39 is 34.9 Å². The summed E-state index contributed by atoms with van der Waals surface area (Å²) in [7, 11) is 0. The maximum atomic E-state index is 13.0. The van der Waals surface area contributed by atoms with E-state index in [9.17, 15) is 24.5 Å². The van der Waals surface area contributed by atoms with Crippen LogP contribution < -0.4 is 10.1 Å². The van der Waals surface area contributed by atoms with E-state index >= 15 is 0 Å². The van der Waals surface area contributed by atoms with E-state index in [-0.39, 0.29) is 25.2 Å². The van der Waals surface area contributed by atoms with Crippen molar-refractivity contribution in [1.82, 2.24) is 10.2 Å². The number of ether oxygens (including phenoxy) is 2. The molecule has 2 unspecified atom stereocenters. The largest absolute Gasteiger partial charge is 0.481 e. The van der Waals surface area contributed by atoms with Crippen molar-refractivity contribution in [2.75, 3.05) is 19.7 Å². The summed E-state index contributed by atoms with van der Waals surface area (Å²) < 4.78 is 11.0. The van der Waals surface area contributed by atoms with Crippen molar-refractivity contribution in [3.8, 4) is 5.75 Å². The van der Waals surface area contributed by atoms with Crippen molar-refractivity contribution in [3.05, 3.63) is 34.4 Å². The lowest BCUT2D eigenvalue weighted by Gasteiger charge is -2.36. The molecule has 0 spiro atoms. The maximum Gasteiger partial charge on any atom is 0.308 e. The van der Waals surface area contributed by atoms with Crippen molar-refractivity contribution in [3.63, 3.8) is 0 Å². The Hall–Kier alpha value is -3.17. The van der Waals surface area contributed by atoms with Gasteiger partial charge in [-0.2, -0.15) is 0 Å². The quantitative estimate of drug-likeness (QED) is 0.138. The molecule has 0 aliphatic carbocycles. The summed E-state index contributed by atoms with van der Waals surface area (Å²) in [6.07, 6.45) is 10.6. The molecule has 1 N–H and O–H groups in total. The van der Waals surface area contributed by atoms with E-state index in [1.807, 2.05) is 0 Å². The second-order valence-corrected chi connectivity index (χ2v) is 9.46. The van der Waals surface area contributed by atoms with Gasteiger partial charge in [-0.15, -0.1) is 0 Å². The van der Waals surface area contributed by atoms with Crippen LogP contribution in [-0.4, -0.2) is 59.4 Å². The molecular weight excluding hydrogens is 478 g/mol. The van der Waals surface area contributed by atoms with Gasteiger partial charge in [0.1, 0.15) is 11.8 Å². The molecule has 1 saturated heterocycles. The van der Waals surface area contributed by atoms with Crippen molar-refractivity contribution >= 4 is 23.5 Å². The molecule has 0 bridgehead atoms. The average Bonchev–Trinajstić information content (AvgIpc) is 2.88. The summed E-state index contributed by atoms with van der Waals surface area (Å²) in [4.78, 5) is 49.5. The second-order valence-electron chi connectivity index (χ2n) is 9.46. The highest BCUT2D eigenvalue weighted by molar-refractivity contribution is 5.93. The number of unbranched alkanes of at least 4 members (excludes halogenated alkanes) is 9. The Kier molecular flexibility index (Phi) is 13.4. The van der Waals surface area contributed by atoms with Crippen LogP contribution in [0, 0.1) is 10.1 Å². The van der Waals surface area contributed by atoms with Gasteiger partial charge in [-0.05, 0) is 25.5 Å². The van der Waals surface area contributed by atoms with Gasteiger partial charge in [-0.25, -0.2) is 0 Å². The zero-order valence-corrected chi connectivity index (χ0v) is 22.1. The number of benzene rings is 1. The predicted molar refractivity (Wildman–Crippen MR) is 139 cm³/mol. The van der Waals surface area contributed by atoms with E-state index in [2.05, 4.69) is 12.2 Å². The van der Waals surface area contributed by atoms with E-state index in [4.69, 9.17) is 9.47 Å². The van der Waals surface area contributed by atoms with Crippen LogP contribution in [0.15, 0.2) is 24.3 Å². The molecule has 0 aromatic heterocycles. The highest BCUT2D eigenvalue weighted by atomic mass is 16.6. The number of hydrogen-bond donors (Lipinski definition) is 1. The summed E-state index contributed by atoms with van der Waals surface area (Å²) >= 11 is 0. The van der Waals surface area contributed by atoms with Crippen molar-refractivity contribution < 1.29 is 28.8 Å². The number of rotatable bonds is 17. The number of piperazine rings is 1. The molecule has 2 atom stereocenters. The lowest BCUT2D eigenvalue weighted by Crippen LogP contribution is -2.60. The van der Waals surface area contributed by atoms with Crippen LogP contribution in [-0.2, 0) is 19.1 Å². The molecule has 0 radical (unpaired) electrons. The number of nitro benzene ring substituents is 1. The average molecular weight is 520 g/mol. The fraction of sp³-hybridized carbons (Fsp3) is 0.667. The fourth-order valence-electron chi connectivity index (χ4n) is 4.31. The van der Waals surface area contributed by atoms with E-state index in [0.29, 0.717) is 12.4 Å². The van der Waals surface area contributed by atoms with E-state index in [1.54, 1.807) is 0 Å². The maximum absolute atomic E-state index is 13.0. The Bertz CT molecular complexity index is 875. The van der Waals surface area contributed by atoms with Crippen LogP contribution in [0.5, 0.6) is 5.75 Å². The summed E-state index contributed by atoms with van der Waals surface area (Å²) in [6.45, 7) is 4.58. The molecule has 1 aromatic rings. The number of carbonyl (C=O) groups excluding carboxylic acids is 3. The number of nitrogens with one attached hydrogen (secondary N) is 1. The first-order valence-electron chi connectivity index (χ1n) is 13.5. The molecule has 2 rings (SSSR count). The van der Waals surface area contributed by atoms with Crippen LogP contribution in [0.4, 0.5) is 5.69 Å². The standard InChI is InChI=1S/C27H41N3O7/c1-3-4-5-6-7-8-9-10-11-12-19-36-25(31)20-24-26(32)28-17-18-29(24)27(33)21(2)37-23-15-13-22(14-16-23)30(34)35/h13-16,21,24H,3-12,17-20H2,1-2H3,(H,28,32). The third kappa shape index (κ3) is 10.8. The highest BCUT2D eigenvalue weighted by Gasteiger charge is 2.37. The summed E-state index contributed by atoms with van der Waals surface area (Å²) in [5, 5.41) is 13.5. The van der Waals surface area contributed by atoms with Gasteiger partial charge in [-0.3, -0.25) is 24.5 Å². The smallest absolute Gasteiger partial charge is 0.308 e. The number of carbonyl (C=O) groups is 3. The van der Waals surface area contributed by atoms with Gasteiger partial charge in [-0.1, -0.05) is 64.7 Å². The molecule has 1 aromatic carbocycles. The van der Waals surface area contributed by atoms with Crippen molar-refractivity contribution in [2.45, 2.75) is 96.6 Å². The van der Waals surface area contributed by atoms with Gasteiger partial charge >= 0.3 is 5.97 Å². The first kappa shape index (κ1) is 30.1. The Labute approximate surface area is 219 Å². The first-order chi connectivity index (χ1) is 17.8. The molecule has 1 aliphatic heterocycles. The Morgan fingerprint density at radius 1 is 1.05 bits per heavy atom. The SMILES string of the molecule is CCCCCCCCCCCCOC(=O)CC1C(=O)NCCN1C(=O)C(C)Oc1ccc([N+](=O)[O-])cc1. The van der Waals surface area contributed by atoms with Crippen molar-refractivity contribution in [2.24, 2.45) is 0 Å². The number of amides is 2. The molecular formula is C27H41N3O7. The lowest BCUT2D eigenvalue weighted by molar-refractivity contribution is -0.384. The summed E-state index contributed by atoms with van der Waals surface area (Å²) in [6, 6.07) is 4.42. The molecule has 0 saturated carbocycles. The Morgan fingerprint density at radius 2 is 1.65 bits per heavy atom. The molecule has 1 aliphatic rings. The number of nitro groups is 1. The molecule has 1 heterocycles. The van der Waals surface area contributed by atoms with Crippen LogP contribution >= 0.6 is 0 Å². The van der Waals surface area contributed by atoms with Gasteiger partial charge in [0.05, 0.1) is 18.0 Å². The number of non-ortho nitro benzene ring substituents is 1. The van der Waals surface area contributed by atoms with Gasteiger partial charge in [0.15, 0.2) is 6.10 Å². The van der Waals surface area contributed by atoms with Gasteiger partial charge in [0, 0.05) is 25.2 Å². The Morgan fingerprint density at radius 3 is 2.24 bits per heavy atom. The van der Waals surface area contributed by atoms with Crippen LogP contribution in [0.2, 0.25) is 0 Å². The van der Waals surface area contributed by atoms with Gasteiger partial charge in [0.2, 0.25) is 5.91 Å². The zero-order valence-electron chi connectivity index (χ0n) is 22.1. The lowest BCUT2D eigenvalue weighted by atomic mass is 10.1. The van der Waals surface area contributed by atoms with Crippen LogP contribution in [0.1, 0.15) is 84.5 Å². The molecule has 1 fully saturated rings. The summed E-state index contributed by atoms with van der Waals surface area (Å²) in [5.41, 5.74) is -0.0876. The normalized spacial score (nSPS) is 16.1. The fourth-order valence-corrected chi connectivity index (χ4v) is 4.31. The molecule has 37 heavy (non-hydrogen) atoms. The highest BCUT2D eigenvalue weighted by Crippen LogP contribution is 2.20. The number of nitrogens with zero attached hydrogens (tertiary/aromatic N) is 2. The molecule has 10 heteroatoms. The topological polar surface area (TPSA) is 128 Å². The summed E-state index contributed by atoms with van der Waals surface area (Å²) in [5.74, 6) is -1.07. The van der Waals surface area contributed by atoms with E-state index in [1.165, 1.54) is 81.0 Å². The Balaban J connectivity index is 1.74. The van der Waals surface area contributed by atoms with Gasteiger partial charge in [0.25, 0.3) is 11.6 Å². The third-order valence-electron chi connectivity index (χ3n) is 6.44. The van der Waals surface area contributed by atoms with Gasteiger partial charge < -0.3 is 19.7 Å². The van der Waals surface area contributed by atoms with Crippen LogP contribution in [0.25, 0.3) is 0 Å². The van der Waals surface area contributed by atoms with E-state index in [0.717, 1.165) is 19.3 Å². The second kappa shape index (κ2) is 16.6. The minimum atomic E-state index is -0.968. The van der Waals surface area contributed by atoms with Crippen LogP contribution in [0.3, 0.4) is 0 Å². The number of esters is 1. The first-order valence-corrected chi connectivity index (χ1v) is 13.5. The molecule has 10 nitrogen and oxygen atoms in total. The minimum Gasteiger partial charge on any atom is -0.481 e. The number of hydrogen-bond acceptors (Lipinski definition) is 7. The predicted octanol–water partition coefficient (Wildman–Crippen LogP) is 4.54. The van der Waals surface area contributed by atoms with Crippen molar-refractivity contribution in [1.29, 1.82) is 0 Å². The third-order valence-corrected chi connectivity index (χ3v) is 6.44.